The SMILES string of the molecule is COc1ccc(Cl)cc1N(C)N=O. The smallest absolute Gasteiger partial charge is 0.144 e. The molecule has 0 N–H and O–H groups in total. The highest BCUT2D eigenvalue weighted by Gasteiger charge is 2.08. The lowest BCUT2D eigenvalue weighted by atomic mass is 10.3. The Labute approximate surface area is 81.0 Å². The molecule has 0 aliphatic rings. The standard InChI is InChI=1S/C8H9ClN2O2/c1-11(10-12)7-5-6(9)3-4-8(7)13-2/h3-5H,1-2H3. The summed E-state index contributed by atoms with van der Waals surface area (Å²) in [5.74, 6) is 0.562. The predicted molar refractivity (Wildman–Crippen MR) is 52.2 cm³/mol. The van der Waals surface area contributed by atoms with Gasteiger partial charge in [0.15, 0.2) is 0 Å². The molecule has 0 amide bonds. The number of hydrogen-bond donors (Lipinski definition) is 0. The molecule has 0 bridgehead atoms. The van der Waals surface area contributed by atoms with E-state index in [4.69, 9.17) is 16.3 Å². The quantitative estimate of drug-likeness (QED) is 0.556. The molecule has 0 saturated carbocycles. The molecule has 0 aromatic heterocycles. The number of anilines is 1. The molecule has 0 saturated heterocycles. The average Bonchev–Trinajstić information content (AvgIpc) is 2.16. The molecule has 70 valence electrons. The maximum absolute atomic E-state index is 10.3. The van der Waals surface area contributed by atoms with Crippen molar-refractivity contribution in [3.8, 4) is 5.75 Å². The first-order chi connectivity index (χ1) is 6.19. The minimum Gasteiger partial charge on any atom is -0.495 e. The molecule has 5 heteroatoms. The summed E-state index contributed by atoms with van der Waals surface area (Å²) in [6.45, 7) is 0. The molecule has 4 nitrogen and oxygen atoms in total. The Morgan fingerprint density at radius 3 is 2.77 bits per heavy atom. The second-order valence-electron chi connectivity index (χ2n) is 2.42. The number of benzene rings is 1. The van der Waals surface area contributed by atoms with Crippen LogP contribution in [0.25, 0.3) is 0 Å². The first-order valence-corrected chi connectivity index (χ1v) is 3.97. The largest absolute Gasteiger partial charge is 0.495 e. The Bertz CT molecular complexity index is 317. The van der Waals surface area contributed by atoms with E-state index in [1.165, 1.54) is 14.2 Å². The van der Waals surface area contributed by atoms with Crippen molar-refractivity contribution in [1.82, 2.24) is 0 Å². The second kappa shape index (κ2) is 4.09. The van der Waals surface area contributed by atoms with Gasteiger partial charge in [0.25, 0.3) is 0 Å². The number of hydrogen-bond acceptors (Lipinski definition) is 3. The maximum atomic E-state index is 10.3. The van der Waals surface area contributed by atoms with Crippen molar-refractivity contribution in [2.24, 2.45) is 5.29 Å². The summed E-state index contributed by atoms with van der Waals surface area (Å²) >= 11 is 5.75. The number of methoxy groups -OCH3 is 1. The molecule has 0 heterocycles. The van der Waals surface area contributed by atoms with Crippen molar-refractivity contribution < 1.29 is 4.74 Å². The first-order valence-electron chi connectivity index (χ1n) is 3.59. The summed E-state index contributed by atoms with van der Waals surface area (Å²) in [5, 5.41) is 4.44. The molecule has 1 rings (SSSR count). The van der Waals surface area contributed by atoms with E-state index in [0.717, 1.165) is 5.01 Å². The number of nitrogens with zero attached hydrogens (tertiary/aromatic N) is 2. The van der Waals surface area contributed by atoms with Gasteiger partial charge in [0.2, 0.25) is 0 Å². The lowest BCUT2D eigenvalue weighted by Crippen LogP contribution is -2.08. The highest BCUT2D eigenvalue weighted by molar-refractivity contribution is 6.30. The lowest BCUT2D eigenvalue weighted by molar-refractivity contribution is 0.415. The summed E-state index contributed by atoms with van der Waals surface area (Å²) < 4.78 is 5.02. The molecule has 0 unspecified atom stereocenters. The van der Waals surface area contributed by atoms with Crippen LogP contribution in [0.15, 0.2) is 23.5 Å². The van der Waals surface area contributed by atoms with Crippen molar-refractivity contribution in [3.63, 3.8) is 0 Å². The van der Waals surface area contributed by atoms with Crippen molar-refractivity contribution in [3.05, 3.63) is 28.1 Å². The van der Waals surface area contributed by atoms with Crippen LogP contribution in [-0.4, -0.2) is 14.2 Å². The lowest BCUT2D eigenvalue weighted by Gasteiger charge is -2.12. The van der Waals surface area contributed by atoms with E-state index in [0.29, 0.717) is 16.5 Å². The van der Waals surface area contributed by atoms with Gasteiger partial charge in [0.05, 0.1) is 12.4 Å². The third-order valence-electron chi connectivity index (χ3n) is 1.61. The van der Waals surface area contributed by atoms with E-state index >= 15 is 0 Å². The molecule has 1 aromatic carbocycles. The molecule has 0 aliphatic heterocycles. The highest BCUT2D eigenvalue weighted by atomic mass is 35.5. The summed E-state index contributed by atoms with van der Waals surface area (Å²) in [7, 11) is 3.05. The molecular formula is C8H9ClN2O2. The van der Waals surface area contributed by atoms with Crippen LogP contribution in [0, 0.1) is 4.91 Å². The Hall–Kier alpha value is -1.29. The maximum Gasteiger partial charge on any atom is 0.144 e. The predicted octanol–water partition coefficient (Wildman–Crippen LogP) is 2.47. The second-order valence-corrected chi connectivity index (χ2v) is 2.86. The number of rotatable bonds is 3. The van der Waals surface area contributed by atoms with E-state index in [-0.39, 0.29) is 0 Å². The minimum atomic E-state index is 0.534. The zero-order chi connectivity index (χ0) is 9.84. The number of halogens is 1. The number of nitroso groups, excluding NO2 is 1. The molecule has 0 radical (unpaired) electrons. The van der Waals surface area contributed by atoms with Crippen LogP contribution in [0.2, 0.25) is 5.02 Å². The van der Waals surface area contributed by atoms with Crippen LogP contribution < -0.4 is 9.75 Å². The van der Waals surface area contributed by atoms with Crippen molar-refractivity contribution in [2.75, 3.05) is 19.2 Å². The summed E-state index contributed by atoms with van der Waals surface area (Å²) in [6, 6.07) is 4.98. The van der Waals surface area contributed by atoms with E-state index in [1.54, 1.807) is 18.2 Å². The van der Waals surface area contributed by atoms with Crippen LogP contribution in [0.1, 0.15) is 0 Å². The monoisotopic (exact) mass is 200 g/mol. The zero-order valence-electron chi connectivity index (χ0n) is 7.32. The van der Waals surface area contributed by atoms with Gasteiger partial charge in [0, 0.05) is 12.1 Å². The van der Waals surface area contributed by atoms with Crippen molar-refractivity contribution in [1.29, 1.82) is 0 Å². The third kappa shape index (κ3) is 2.09. The number of ether oxygens (including phenoxy) is 1. The first kappa shape index (κ1) is 9.80. The van der Waals surface area contributed by atoms with Gasteiger partial charge in [-0.2, -0.15) is 0 Å². The van der Waals surface area contributed by atoms with Gasteiger partial charge in [-0.3, -0.25) is 0 Å². The van der Waals surface area contributed by atoms with Crippen LogP contribution >= 0.6 is 11.6 Å². The summed E-state index contributed by atoms with van der Waals surface area (Å²) in [6.07, 6.45) is 0. The molecule has 13 heavy (non-hydrogen) atoms. The molecular weight excluding hydrogens is 192 g/mol. The average molecular weight is 201 g/mol. The van der Waals surface area contributed by atoms with E-state index in [1.807, 2.05) is 0 Å². The van der Waals surface area contributed by atoms with Gasteiger partial charge < -0.3 is 4.74 Å². The summed E-state index contributed by atoms with van der Waals surface area (Å²) in [5.41, 5.74) is 0.546. The molecule has 0 spiro atoms. The van der Waals surface area contributed by atoms with Gasteiger partial charge in [-0.15, -0.1) is 4.91 Å². The van der Waals surface area contributed by atoms with Crippen LogP contribution in [-0.2, 0) is 0 Å². The van der Waals surface area contributed by atoms with E-state index < -0.39 is 0 Å². The Morgan fingerprint density at radius 2 is 2.23 bits per heavy atom. The minimum absolute atomic E-state index is 0.534. The molecule has 0 fully saturated rings. The van der Waals surface area contributed by atoms with E-state index in [2.05, 4.69) is 5.29 Å². The van der Waals surface area contributed by atoms with Crippen LogP contribution in [0.4, 0.5) is 5.69 Å². The highest BCUT2D eigenvalue weighted by Crippen LogP contribution is 2.30. The third-order valence-corrected chi connectivity index (χ3v) is 1.85. The van der Waals surface area contributed by atoms with E-state index in [9.17, 15) is 4.91 Å². The van der Waals surface area contributed by atoms with Gasteiger partial charge in [-0.05, 0) is 18.2 Å². The molecule has 1 aromatic rings. The van der Waals surface area contributed by atoms with Crippen LogP contribution in [0.5, 0.6) is 5.75 Å². The fourth-order valence-electron chi connectivity index (χ4n) is 0.960. The van der Waals surface area contributed by atoms with Crippen LogP contribution in [0.3, 0.4) is 0 Å². The van der Waals surface area contributed by atoms with Crippen molar-refractivity contribution in [2.45, 2.75) is 0 Å². The Kier molecular flexibility index (Phi) is 3.08. The van der Waals surface area contributed by atoms with Crippen molar-refractivity contribution >= 4 is 17.3 Å². The van der Waals surface area contributed by atoms with Gasteiger partial charge in [-0.25, -0.2) is 5.01 Å². The van der Waals surface area contributed by atoms with Gasteiger partial charge >= 0.3 is 0 Å². The topological polar surface area (TPSA) is 41.9 Å². The molecule has 0 aliphatic carbocycles. The fourth-order valence-corrected chi connectivity index (χ4v) is 1.13. The van der Waals surface area contributed by atoms with Gasteiger partial charge in [0.1, 0.15) is 11.4 Å². The Balaban J connectivity index is 3.14. The zero-order valence-corrected chi connectivity index (χ0v) is 8.08. The Morgan fingerprint density at radius 1 is 1.54 bits per heavy atom. The summed E-state index contributed by atoms with van der Waals surface area (Å²) in [4.78, 5) is 10.3. The normalized spacial score (nSPS) is 9.46. The van der Waals surface area contributed by atoms with Gasteiger partial charge in [-0.1, -0.05) is 11.6 Å². The molecule has 0 atom stereocenters. The fraction of sp³-hybridized carbons (Fsp3) is 0.250.